The Morgan fingerprint density at radius 3 is 2.39 bits per heavy atom. The second-order valence-corrected chi connectivity index (χ2v) is 10.1. The van der Waals surface area contributed by atoms with Crippen molar-refractivity contribution in [2.75, 3.05) is 12.0 Å². The smallest absolute Gasteiger partial charge is 0.337 e. The van der Waals surface area contributed by atoms with Gasteiger partial charge in [-0.15, -0.1) is 0 Å². The molecular weight excluding hydrogens is 534 g/mol. The summed E-state index contributed by atoms with van der Waals surface area (Å²) in [5.74, 6) is 2.42. The molecule has 5 aromatic rings. The zero-order valence-corrected chi connectivity index (χ0v) is 23.3. The molecule has 8 heteroatoms. The number of esters is 1. The lowest BCUT2D eigenvalue weighted by molar-refractivity contribution is 0.0601. The number of anilines is 1. The van der Waals surface area contributed by atoms with Crippen molar-refractivity contribution in [2.45, 2.75) is 19.0 Å². The standard InChI is InChI=1S/C33H27N3O4S/c1-21-9-13-25(14-10-21)39-26-15-11-24(12-16-26)36-31(30(35-33(36)41)27-8-3-4-19-34-27)29-18-17-28(40-29)22-6-5-7-23(20-22)32(37)38-2/h3-20,30-31H,1-2H3,(H,35,41)/t30-,31-/m0/s1. The minimum absolute atomic E-state index is 0.257. The number of ether oxygens (including phenoxy) is 2. The predicted octanol–water partition coefficient (Wildman–Crippen LogP) is 7.41. The van der Waals surface area contributed by atoms with Gasteiger partial charge in [0.2, 0.25) is 0 Å². The number of furan rings is 1. The first-order valence-electron chi connectivity index (χ1n) is 13.1. The van der Waals surface area contributed by atoms with E-state index in [0.29, 0.717) is 22.2 Å². The maximum atomic E-state index is 12.1. The van der Waals surface area contributed by atoms with Crippen LogP contribution >= 0.6 is 12.2 Å². The molecule has 0 spiro atoms. The van der Waals surface area contributed by atoms with Crippen LogP contribution in [-0.4, -0.2) is 23.2 Å². The molecule has 204 valence electrons. The second-order valence-electron chi connectivity index (χ2n) is 9.68. The van der Waals surface area contributed by atoms with Crippen molar-refractivity contribution in [3.8, 4) is 22.8 Å². The summed E-state index contributed by atoms with van der Waals surface area (Å²) in [6, 6.07) is 32.0. The van der Waals surface area contributed by atoms with Gasteiger partial charge in [-0.2, -0.15) is 0 Å². The first kappa shape index (κ1) is 26.3. The van der Waals surface area contributed by atoms with Crippen LogP contribution < -0.4 is 15.0 Å². The van der Waals surface area contributed by atoms with Crippen molar-refractivity contribution in [2.24, 2.45) is 0 Å². The van der Waals surface area contributed by atoms with Crippen LogP contribution in [0.4, 0.5) is 5.69 Å². The minimum Gasteiger partial charge on any atom is -0.465 e. The Morgan fingerprint density at radius 1 is 0.927 bits per heavy atom. The number of hydrogen-bond acceptors (Lipinski definition) is 6. The van der Waals surface area contributed by atoms with Crippen molar-refractivity contribution in [1.29, 1.82) is 0 Å². The number of methoxy groups -OCH3 is 1. The Balaban J connectivity index is 1.34. The maximum Gasteiger partial charge on any atom is 0.337 e. The highest BCUT2D eigenvalue weighted by Gasteiger charge is 2.42. The Hall–Kier alpha value is -4.95. The topological polar surface area (TPSA) is 76.8 Å². The Kier molecular flexibility index (Phi) is 7.22. The molecule has 0 radical (unpaired) electrons. The van der Waals surface area contributed by atoms with E-state index in [0.717, 1.165) is 28.4 Å². The molecule has 3 aromatic carbocycles. The molecule has 2 atom stereocenters. The third kappa shape index (κ3) is 5.42. The van der Waals surface area contributed by atoms with Crippen LogP contribution in [0, 0.1) is 6.92 Å². The average Bonchev–Trinajstić information content (AvgIpc) is 3.63. The van der Waals surface area contributed by atoms with E-state index >= 15 is 0 Å². The molecule has 3 heterocycles. The van der Waals surface area contributed by atoms with Crippen LogP contribution in [0.15, 0.2) is 114 Å². The second kappa shape index (κ2) is 11.3. The Bertz CT molecular complexity index is 1680. The van der Waals surface area contributed by atoms with Gasteiger partial charge in [0, 0.05) is 17.4 Å². The number of hydrogen-bond donors (Lipinski definition) is 1. The summed E-state index contributed by atoms with van der Waals surface area (Å²) in [5.41, 5.74) is 4.12. The fourth-order valence-electron chi connectivity index (χ4n) is 4.92. The molecule has 1 aliphatic rings. The van der Waals surface area contributed by atoms with E-state index in [4.69, 9.17) is 26.1 Å². The zero-order valence-electron chi connectivity index (χ0n) is 22.5. The summed E-state index contributed by atoms with van der Waals surface area (Å²) in [4.78, 5) is 18.7. The number of nitrogens with zero attached hydrogens (tertiary/aromatic N) is 2. The third-order valence-corrected chi connectivity index (χ3v) is 7.27. The number of pyridine rings is 1. The summed E-state index contributed by atoms with van der Waals surface area (Å²) in [6.07, 6.45) is 1.77. The van der Waals surface area contributed by atoms with Crippen molar-refractivity contribution in [3.05, 3.63) is 132 Å². The molecule has 0 saturated carbocycles. The van der Waals surface area contributed by atoms with Crippen LogP contribution in [0.25, 0.3) is 11.3 Å². The van der Waals surface area contributed by atoms with Gasteiger partial charge in [-0.05, 0) is 91.9 Å². The van der Waals surface area contributed by atoms with Gasteiger partial charge in [0.1, 0.15) is 29.1 Å². The summed E-state index contributed by atoms with van der Waals surface area (Å²) in [7, 11) is 1.36. The molecule has 0 bridgehead atoms. The lowest BCUT2D eigenvalue weighted by Gasteiger charge is -2.26. The van der Waals surface area contributed by atoms with E-state index in [1.165, 1.54) is 12.7 Å². The van der Waals surface area contributed by atoms with Gasteiger partial charge in [0.25, 0.3) is 0 Å². The molecule has 1 fully saturated rings. The van der Waals surface area contributed by atoms with Gasteiger partial charge in [0.15, 0.2) is 5.11 Å². The minimum atomic E-state index is -0.403. The summed E-state index contributed by atoms with van der Waals surface area (Å²) in [6.45, 7) is 2.04. The van der Waals surface area contributed by atoms with Crippen molar-refractivity contribution < 1.29 is 18.7 Å². The van der Waals surface area contributed by atoms with E-state index in [2.05, 4.69) is 10.3 Å². The molecule has 1 aliphatic heterocycles. The molecule has 41 heavy (non-hydrogen) atoms. The number of aryl methyl sites for hydroxylation is 1. The summed E-state index contributed by atoms with van der Waals surface area (Å²) >= 11 is 5.85. The average molecular weight is 562 g/mol. The van der Waals surface area contributed by atoms with Crippen molar-refractivity contribution in [1.82, 2.24) is 10.3 Å². The molecule has 0 aliphatic carbocycles. The number of aromatic nitrogens is 1. The largest absolute Gasteiger partial charge is 0.465 e. The van der Waals surface area contributed by atoms with Crippen LogP contribution in [-0.2, 0) is 4.74 Å². The quantitative estimate of drug-likeness (QED) is 0.163. The molecule has 1 saturated heterocycles. The monoisotopic (exact) mass is 561 g/mol. The lowest BCUT2D eigenvalue weighted by atomic mass is 10.0. The van der Waals surface area contributed by atoms with Gasteiger partial charge in [-0.1, -0.05) is 35.9 Å². The van der Waals surface area contributed by atoms with Crippen LogP contribution in [0.3, 0.4) is 0 Å². The van der Waals surface area contributed by atoms with Crippen molar-refractivity contribution in [3.63, 3.8) is 0 Å². The fraction of sp³-hybridized carbons (Fsp3) is 0.121. The maximum absolute atomic E-state index is 12.1. The van der Waals surface area contributed by atoms with Gasteiger partial charge in [-0.25, -0.2) is 4.79 Å². The Labute approximate surface area is 243 Å². The number of nitrogens with one attached hydrogen (secondary N) is 1. The van der Waals surface area contributed by atoms with E-state index in [9.17, 15) is 4.79 Å². The SMILES string of the molecule is COC(=O)c1cccc(-c2ccc([C@H]3[C@H](c4ccccn4)NC(=S)N3c3ccc(Oc4ccc(C)cc4)cc3)o2)c1. The van der Waals surface area contributed by atoms with Gasteiger partial charge in [0.05, 0.1) is 24.4 Å². The van der Waals surface area contributed by atoms with Crippen LogP contribution in [0.5, 0.6) is 11.5 Å². The molecular formula is C33H27N3O4S. The fourth-order valence-corrected chi connectivity index (χ4v) is 5.27. The molecule has 0 unspecified atom stereocenters. The number of thiocarbonyl (C=S) groups is 1. The third-order valence-electron chi connectivity index (χ3n) is 6.96. The van der Waals surface area contributed by atoms with Gasteiger partial charge < -0.3 is 24.1 Å². The van der Waals surface area contributed by atoms with Gasteiger partial charge in [-0.3, -0.25) is 4.98 Å². The molecule has 1 N–H and O–H groups in total. The first-order chi connectivity index (χ1) is 20.0. The number of carbonyl (C=O) groups is 1. The number of benzene rings is 3. The van der Waals surface area contributed by atoms with Crippen LogP contribution in [0.2, 0.25) is 0 Å². The van der Waals surface area contributed by atoms with E-state index in [1.54, 1.807) is 24.4 Å². The zero-order chi connectivity index (χ0) is 28.3. The van der Waals surface area contributed by atoms with E-state index < -0.39 is 5.97 Å². The van der Waals surface area contributed by atoms with E-state index in [1.807, 2.05) is 96.8 Å². The normalized spacial score (nSPS) is 16.3. The molecule has 7 nitrogen and oxygen atoms in total. The highest BCUT2D eigenvalue weighted by molar-refractivity contribution is 7.80. The predicted molar refractivity (Wildman–Crippen MR) is 161 cm³/mol. The number of carbonyl (C=O) groups excluding carboxylic acids is 1. The van der Waals surface area contributed by atoms with Crippen molar-refractivity contribution >= 4 is 29.0 Å². The summed E-state index contributed by atoms with van der Waals surface area (Å²) in [5, 5.41) is 4.01. The first-order valence-corrected chi connectivity index (χ1v) is 13.5. The van der Waals surface area contributed by atoms with E-state index in [-0.39, 0.29) is 12.1 Å². The molecule has 0 amide bonds. The molecule has 6 rings (SSSR count). The van der Waals surface area contributed by atoms with Crippen LogP contribution in [0.1, 0.15) is 39.5 Å². The summed E-state index contributed by atoms with van der Waals surface area (Å²) < 4.78 is 17.4. The highest BCUT2D eigenvalue weighted by Crippen LogP contribution is 2.43. The lowest BCUT2D eigenvalue weighted by Crippen LogP contribution is -2.29. The van der Waals surface area contributed by atoms with Gasteiger partial charge >= 0.3 is 5.97 Å². The number of rotatable bonds is 7. The Morgan fingerprint density at radius 2 is 1.68 bits per heavy atom. The highest BCUT2D eigenvalue weighted by atomic mass is 32.1. The molecule has 2 aromatic heterocycles.